The zero-order valence-corrected chi connectivity index (χ0v) is 6.77. The predicted molar refractivity (Wildman–Crippen MR) is 40.3 cm³/mol. The molecule has 0 heterocycles. The Bertz CT molecular complexity index is 92.7. The number of rotatable bonds is 3. The van der Waals surface area contributed by atoms with E-state index < -0.39 is 0 Å². The summed E-state index contributed by atoms with van der Waals surface area (Å²) in [5.41, 5.74) is 0.00646. The summed E-state index contributed by atoms with van der Waals surface area (Å²) in [6, 6.07) is 0. The van der Waals surface area contributed by atoms with Gasteiger partial charge in [-0.1, -0.05) is 13.0 Å². The Labute approximate surface area is 57.7 Å². The predicted octanol–water partition coefficient (Wildman–Crippen LogP) is 2.73. The van der Waals surface area contributed by atoms with Crippen LogP contribution in [0.1, 0.15) is 34.1 Å². The summed E-state index contributed by atoms with van der Waals surface area (Å²) in [5.74, 6) is 0. The molecule has 0 amide bonds. The summed E-state index contributed by atoms with van der Waals surface area (Å²) in [7, 11) is 0. The van der Waals surface area contributed by atoms with Crippen LogP contribution >= 0.6 is 0 Å². The van der Waals surface area contributed by atoms with Crippen molar-refractivity contribution >= 4 is 0 Å². The van der Waals surface area contributed by atoms with Crippen LogP contribution in [-0.4, -0.2) is 5.60 Å². The highest BCUT2D eigenvalue weighted by atomic mass is 16.5. The lowest BCUT2D eigenvalue weighted by molar-refractivity contribution is 0.0540. The number of ether oxygens (including phenoxy) is 1. The summed E-state index contributed by atoms with van der Waals surface area (Å²) < 4.78 is 5.35. The largest absolute Gasteiger partial charge is 0.496 e. The van der Waals surface area contributed by atoms with E-state index in [2.05, 4.69) is 20.8 Å². The third kappa shape index (κ3) is 4.07. The lowest BCUT2D eigenvalue weighted by Crippen LogP contribution is -2.19. The van der Waals surface area contributed by atoms with E-state index >= 15 is 0 Å². The first kappa shape index (κ1) is 8.54. The second-order valence-corrected chi connectivity index (χ2v) is 2.70. The Hall–Kier alpha value is -0.460. The molecule has 0 saturated carbocycles. The molecule has 0 aromatic rings. The minimum Gasteiger partial charge on any atom is -0.496 e. The van der Waals surface area contributed by atoms with Crippen LogP contribution in [-0.2, 0) is 4.74 Å². The smallest absolute Gasteiger partial charge is 0.102 e. The monoisotopic (exact) mass is 128 g/mol. The van der Waals surface area contributed by atoms with Crippen LogP contribution in [0.15, 0.2) is 12.3 Å². The molecule has 0 rings (SSSR count). The van der Waals surface area contributed by atoms with E-state index in [4.69, 9.17) is 4.74 Å². The quantitative estimate of drug-likeness (QED) is 0.531. The van der Waals surface area contributed by atoms with E-state index in [1.165, 1.54) is 0 Å². The molecule has 0 fully saturated rings. The molecule has 0 atom stereocenters. The summed E-state index contributed by atoms with van der Waals surface area (Å²) in [5, 5.41) is 0. The van der Waals surface area contributed by atoms with Gasteiger partial charge in [0.05, 0.1) is 6.26 Å². The lowest BCUT2D eigenvalue weighted by Gasteiger charge is -2.21. The van der Waals surface area contributed by atoms with Crippen LogP contribution in [0, 0.1) is 0 Å². The number of allylic oxidation sites excluding steroid dienone is 1. The Morgan fingerprint density at radius 1 is 1.44 bits per heavy atom. The summed E-state index contributed by atoms with van der Waals surface area (Å²) in [6.45, 7) is 8.22. The van der Waals surface area contributed by atoms with Crippen LogP contribution in [0.2, 0.25) is 0 Å². The van der Waals surface area contributed by atoms with E-state index in [-0.39, 0.29) is 5.60 Å². The van der Waals surface area contributed by atoms with Crippen molar-refractivity contribution in [1.29, 1.82) is 0 Å². The van der Waals surface area contributed by atoms with Gasteiger partial charge in [0, 0.05) is 0 Å². The van der Waals surface area contributed by atoms with Crippen molar-refractivity contribution < 1.29 is 4.74 Å². The Morgan fingerprint density at radius 2 is 2.00 bits per heavy atom. The average Bonchev–Trinajstić information content (AvgIpc) is 1.84. The summed E-state index contributed by atoms with van der Waals surface area (Å²) in [6.07, 6.45) is 4.68. The van der Waals surface area contributed by atoms with Crippen LogP contribution in [0.3, 0.4) is 0 Å². The van der Waals surface area contributed by atoms with Crippen LogP contribution in [0.5, 0.6) is 0 Å². The van der Waals surface area contributed by atoms with Gasteiger partial charge in [0.25, 0.3) is 0 Å². The van der Waals surface area contributed by atoms with E-state index in [0.29, 0.717) is 0 Å². The molecule has 0 aromatic heterocycles. The maximum absolute atomic E-state index is 5.35. The minimum atomic E-state index is 0.00646. The SMILES string of the molecule is C/C=C\OC(C)(C)CC. The lowest BCUT2D eigenvalue weighted by atomic mass is 10.1. The fourth-order valence-corrected chi connectivity index (χ4v) is 0.336. The van der Waals surface area contributed by atoms with Gasteiger partial charge in [-0.15, -0.1) is 0 Å². The first-order chi connectivity index (χ1) is 4.12. The molecular weight excluding hydrogens is 112 g/mol. The fraction of sp³-hybridized carbons (Fsp3) is 0.750. The molecule has 9 heavy (non-hydrogen) atoms. The standard InChI is InChI=1S/C8H16O/c1-5-7-9-8(3,4)6-2/h5,7H,6H2,1-4H3/b7-5-. The summed E-state index contributed by atoms with van der Waals surface area (Å²) in [4.78, 5) is 0. The molecule has 0 aliphatic rings. The average molecular weight is 128 g/mol. The topological polar surface area (TPSA) is 9.23 Å². The molecule has 0 spiro atoms. The van der Waals surface area contributed by atoms with Gasteiger partial charge >= 0.3 is 0 Å². The molecule has 0 aromatic carbocycles. The molecule has 0 N–H and O–H groups in total. The van der Waals surface area contributed by atoms with Gasteiger partial charge in [0.15, 0.2) is 0 Å². The first-order valence-corrected chi connectivity index (χ1v) is 3.41. The van der Waals surface area contributed by atoms with Crippen molar-refractivity contribution in [2.75, 3.05) is 0 Å². The van der Waals surface area contributed by atoms with E-state index in [9.17, 15) is 0 Å². The van der Waals surface area contributed by atoms with Crippen molar-refractivity contribution in [3.8, 4) is 0 Å². The molecule has 0 aliphatic heterocycles. The molecule has 0 radical (unpaired) electrons. The van der Waals surface area contributed by atoms with Gasteiger partial charge in [-0.25, -0.2) is 0 Å². The van der Waals surface area contributed by atoms with Crippen molar-refractivity contribution in [2.45, 2.75) is 39.7 Å². The first-order valence-electron chi connectivity index (χ1n) is 3.41. The van der Waals surface area contributed by atoms with Crippen LogP contribution in [0.25, 0.3) is 0 Å². The maximum atomic E-state index is 5.35. The van der Waals surface area contributed by atoms with Gasteiger partial charge in [-0.2, -0.15) is 0 Å². The van der Waals surface area contributed by atoms with Gasteiger partial charge in [0.2, 0.25) is 0 Å². The third-order valence-corrected chi connectivity index (χ3v) is 1.37. The van der Waals surface area contributed by atoms with Crippen molar-refractivity contribution in [3.63, 3.8) is 0 Å². The maximum Gasteiger partial charge on any atom is 0.102 e. The molecule has 0 bridgehead atoms. The Kier molecular flexibility index (Phi) is 3.36. The number of hydrogen-bond acceptors (Lipinski definition) is 1. The van der Waals surface area contributed by atoms with E-state index in [0.717, 1.165) is 6.42 Å². The fourth-order valence-electron chi connectivity index (χ4n) is 0.336. The zero-order valence-electron chi connectivity index (χ0n) is 6.77. The molecule has 1 nitrogen and oxygen atoms in total. The normalized spacial score (nSPS) is 12.4. The molecule has 0 aliphatic carbocycles. The van der Waals surface area contributed by atoms with E-state index in [1.807, 2.05) is 13.0 Å². The van der Waals surface area contributed by atoms with Crippen LogP contribution in [0.4, 0.5) is 0 Å². The second-order valence-electron chi connectivity index (χ2n) is 2.70. The van der Waals surface area contributed by atoms with Gasteiger partial charge in [0.1, 0.15) is 5.60 Å². The van der Waals surface area contributed by atoms with Crippen LogP contribution < -0.4 is 0 Å². The highest BCUT2D eigenvalue weighted by Crippen LogP contribution is 2.13. The second kappa shape index (κ2) is 3.54. The van der Waals surface area contributed by atoms with Gasteiger partial charge in [-0.3, -0.25) is 0 Å². The molecular formula is C8H16O. The number of hydrogen-bond donors (Lipinski definition) is 0. The van der Waals surface area contributed by atoms with Crippen molar-refractivity contribution in [2.24, 2.45) is 0 Å². The highest BCUT2D eigenvalue weighted by Gasteiger charge is 2.12. The van der Waals surface area contributed by atoms with E-state index in [1.54, 1.807) is 6.26 Å². The Balaban J connectivity index is 3.58. The van der Waals surface area contributed by atoms with Crippen molar-refractivity contribution in [3.05, 3.63) is 12.3 Å². The van der Waals surface area contributed by atoms with Gasteiger partial charge in [-0.05, 0) is 27.2 Å². The summed E-state index contributed by atoms with van der Waals surface area (Å²) >= 11 is 0. The van der Waals surface area contributed by atoms with Gasteiger partial charge < -0.3 is 4.74 Å². The zero-order chi connectivity index (χ0) is 7.33. The third-order valence-electron chi connectivity index (χ3n) is 1.37. The van der Waals surface area contributed by atoms with Crippen molar-refractivity contribution in [1.82, 2.24) is 0 Å². The molecule has 54 valence electrons. The highest BCUT2D eigenvalue weighted by molar-refractivity contribution is 4.73. The minimum absolute atomic E-state index is 0.00646. The molecule has 1 heteroatoms. The molecule has 0 unspecified atom stereocenters. The Morgan fingerprint density at radius 3 is 2.33 bits per heavy atom. The molecule has 0 saturated heterocycles.